The summed E-state index contributed by atoms with van der Waals surface area (Å²) in [6.45, 7) is 4.69. The van der Waals surface area contributed by atoms with E-state index in [2.05, 4.69) is 55.6 Å². The Morgan fingerprint density at radius 1 is 0.417 bits per heavy atom. The lowest BCUT2D eigenvalue weighted by atomic mass is 10.0. The molecule has 496 valence electrons. The molecular formula is C75H145N2O6P. The average molecular weight is 1200 g/mol. The number of amides is 1. The number of nitrogens with zero attached hydrogens (tertiary/aromatic N) is 1. The van der Waals surface area contributed by atoms with E-state index in [-0.39, 0.29) is 19.1 Å². The Balaban J connectivity index is 4.02. The zero-order valence-corrected chi connectivity index (χ0v) is 57.8. The molecule has 0 aliphatic carbocycles. The Labute approximate surface area is 524 Å². The molecule has 0 radical (unpaired) electrons. The smallest absolute Gasteiger partial charge is 0.268 e. The molecule has 0 aromatic rings. The Hall–Kier alpha value is -1.54. The molecule has 0 saturated heterocycles. The van der Waals surface area contributed by atoms with Gasteiger partial charge >= 0.3 is 0 Å². The summed E-state index contributed by atoms with van der Waals surface area (Å²) >= 11 is 0. The number of hydrogen-bond donors (Lipinski definition) is 2. The lowest BCUT2D eigenvalue weighted by Crippen LogP contribution is -2.45. The number of phosphoric acid groups is 1. The van der Waals surface area contributed by atoms with Crippen LogP contribution in [-0.4, -0.2) is 68.5 Å². The molecule has 0 aliphatic rings. The van der Waals surface area contributed by atoms with Gasteiger partial charge in [-0.2, -0.15) is 0 Å². The number of quaternary nitrogens is 1. The van der Waals surface area contributed by atoms with Crippen molar-refractivity contribution in [2.24, 2.45) is 0 Å². The van der Waals surface area contributed by atoms with Gasteiger partial charge in [0.1, 0.15) is 13.2 Å². The summed E-state index contributed by atoms with van der Waals surface area (Å²) in [6, 6.07) is -0.888. The van der Waals surface area contributed by atoms with E-state index < -0.39 is 20.0 Å². The second kappa shape index (κ2) is 65.9. The number of aliphatic hydroxyl groups excluding tert-OH is 1. The topological polar surface area (TPSA) is 108 Å². The van der Waals surface area contributed by atoms with Gasteiger partial charge in [0.25, 0.3) is 7.82 Å². The molecule has 3 unspecified atom stereocenters. The van der Waals surface area contributed by atoms with Crippen LogP contribution < -0.4 is 10.2 Å². The van der Waals surface area contributed by atoms with E-state index in [0.29, 0.717) is 17.4 Å². The van der Waals surface area contributed by atoms with Crippen molar-refractivity contribution in [3.8, 4) is 0 Å². The number of likely N-dealkylation sites (N-methyl/N-ethyl adjacent to an activating group) is 1. The number of carbonyl (C=O) groups is 1. The van der Waals surface area contributed by atoms with Crippen LogP contribution in [0, 0.1) is 0 Å². The Morgan fingerprint density at radius 3 is 1.00 bits per heavy atom. The van der Waals surface area contributed by atoms with E-state index in [1.807, 2.05) is 27.2 Å². The first kappa shape index (κ1) is 82.5. The van der Waals surface area contributed by atoms with Crippen molar-refractivity contribution in [2.45, 2.75) is 386 Å². The van der Waals surface area contributed by atoms with Crippen LogP contribution >= 0.6 is 7.82 Å². The van der Waals surface area contributed by atoms with Crippen molar-refractivity contribution in [3.63, 3.8) is 0 Å². The van der Waals surface area contributed by atoms with Crippen molar-refractivity contribution >= 4 is 13.7 Å². The summed E-state index contributed by atoms with van der Waals surface area (Å²) in [5, 5.41) is 14.0. The maximum absolute atomic E-state index is 13.1. The molecule has 3 atom stereocenters. The van der Waals surface area contributed by atoms with Crippen LogP contribution in [0.5, 0.6) is 0 Å². The van der Waals surface area contributed by atoms with Gasteiger partial charge in [-0.15, -0.1) is 0 Å². The molecule has 0 aromatic carbocycles. The number of unbranched alkanes of at least 4 members (excludes halogenated alkanes) is 50. The second-order valence-corrected chi connectivity index (χ2v) is 28.1. The van der Waals surface area contributed by atoms with Crippen molar-refractivity contribution in [1.29, 1.82) is 0 Å². The quantitative estimate of drug-likeness (QED) is 0.0272. The van der Waals surface area contributed by atoms with E-state index in [9.17, 15) is 19.4 Å². The van der Waals surface area contributed by atoms with E-state index in [1.165, 1.54) is 302 Å². The van der Waals surface area contributed by atoms with Gasteiger partial charge < -0.3 is 28.8 Å². The molecule has 8 nitrogen and oxygen atoms in total. The minimum Gasteiger partial charge on any atom is -0.756 e. The standard InChI is InChI=1S/C75H145N2O6P/c1-6-8-10-12-14-16-18-20-22-24-26-28-30-32-34-36-37-38-39-41-43-45-47-49-51-53-55-57-59-61-63-65-67-69-75(79)76-73(72-83-84(80,81)82-71-70-77(3,4)5)74(78)68-66-64-62-60-58-56-54-52-50-48-46-44-42-40-35-33-31-29-27-25-23-21-19-17-15-13-11-9-7-2/h18,20,24,26,30,32,66,68,73-74,78H,6-17,19,21-23,25,27-29,31,33-65,67,69-72H2,1-5H3,(H-,76,79,80,81)/b20-18-,26-24-,32-30-,68-66+. The zero-order valence-electron chi connectivity index (χ0n) is 56.9. The summed E-state index contributed by atoms with van der Waals surface area (Å²) in [7, 11) is 1.28. The summed E-state index contributed by atoms with van der Waals surface area (Å²) < 4.78 is 23.5. The first-order chi connectivity index (χ1) is 41.0. The minimum absolute atomic E-state index is 0.000222. The van der Waals surface area contributed by atoms with E-state index in [0.717, 1.165) is 51.4 Å². The maximum Gasteiger partial charge on any atom is 0.268 e. The Morgan fingerprint density at radius 2 is 0.690 bits per heavy atom. The fourth-order valence-corrected chi connectivity index (χ4v) is 12.0. The third kappa shape index (κ3) is 68.0. The van der Waals surface area contributed by atoms with Gasteiger partial charge in [0.2, 0.25) is 5.91 Å². The first-order valence-electron chi connectivity index (χ1n) is 37.0. The predicted molar refractivity (Wildman–Crippen MR) is 367 cm³/mol. The van der Waals surface area contributed by atoms with Crippen LogP contribution in [0.15, 0.2) is 48.6 Å². The SMILES string of the molecule is CCCCCCC/C=C\C/C=C\C/C=C\CCCCCCCCCCCCCCCCCCCCC(=O)NC(COP(=O)([O-])OCC[N+](C)(C)C)C(O)/C=C/CCCCCCCCCCCCCCCCCCCCCCCCCCCCC. The van der Waals surface area contributed by atoms with Gasteiger partial charge in [0, 0.05) is 6.42 Å². The van der Waals surface area contributed by atoms with Crippen LogP contribution in [-0.2, 0) is 18.4 Å². The number of nitrogens with one attached hydrogen (secondary N) is 1. The van der Waals surface area contributed by atoms with Crippen molar-refractivity contribution in [2.75, 3.05) is 40.9 Å². The van der Waals surface area contributed by atoms with Gasteiger partial charge in [0.05, 0.1) is 39.9 Å². The van der Waals surface area contributed by atoms with Crippen molar-refractivity contribution in [1.82, 2.24) is 5.32 Å². The summed E-state index contributed by atoms with van der Waals surface area (Å²) in [4.78, 5) is 25.7. The normalized spacial score (nSPS) is 13.8. The van der Waals surface area contributed by atoms with Gasteiger partial charge in [0.15, 0.2) is 0 Å². The summed E-state index contributed by atoms with van der Waals surface area (Å²) in [5.41, 5.74) is 0. The maximum atomic E-state index is 13.1. The molecule has 0 saturated carbocycles. The van der Waals surface area contributed by atoms with E-state index in [1.54, 1.807) is 6.08 Å². The third-order valence-corrected chi connectivity index (χ3v) is 18.0. The third-order valence-electron chi connectivity index (χ3n) is 17.0. The highest BCUT2D eigenvalue weighted by Gasteiger charge is 2.23. The van der Waals surface area contributed by atoms with E-state index in [4.69, 9.17) is 9.05 Å². The fourth-order valence-electron chi connectivity index (χ4n) is 11.3. The molecular weight excluding hydrogens is 1060 g/mol. The van der Waals surface area contributed by atoms with Crippen molar-refractivity contribution in [3.05, 3.63) is 48.6 Å². The fraction of sp³-hybridized carbons (Fsp3) is 0.880. The molecule has 0 spiro atoms. The number of carbonyl (C=O) groups excluding carboxylic acids is 1. The second-order valence-electron chi connectivity index (χ2n) is 26.7. The zero-order chi connectivity index (χ0) is 61.2. The van der Waals surface area contributed by atoms with Crippen LogP contribution in [0.25, 0.3) is 0 Å². The Bertz CT molecular complexity index is 1510. The molecule has 0 bridgehead atoms. The van der Waals surface area contributed by atoms with Crippen LogP contribution in [0.3, 0.4) is 0 Å². The molecule has 9 heteroatoms. The van der Waals surface area contributed by atoms with Crippen molar-refractivity contribution < 1.29 is 32.9 Å². The number of aliphatic hydroxyl groups is 1. The molecule has 84 heavy (non-hydrogen) atoms. The molecule has 2 N–H and O–H groups in total. The first-order valence-corrected chi connectivity index (χ1v) is 38.5. The van der Waals surface area contributed by atoms with E-state index >= 15 is 0 Å². The number of rotatable bonds is 69. The molecule has 1 amide bonds. The number of hydrogen-bond acceptors (Lipinski definition) is 6. The molecule has 0 rings (SSSR count). The number of allylic oxidation sites excluding steroid dienone is 7. The highest BCUT2D eigenvalue weighted by Crippen LogP contribution is 2.38. The largest absolute Gasteiger partial charge is 0.756 e. The van der Waals surface area contributed by atoms with Gasteiger partial charge in [-0.3, -0.25) is 9.36 Å². The van der Waals surface area contributed by atoms with Crippen LogP contribution in [0.4, 0.5) is 0 Å². The number of phosphoric ester groups is 1. The Kier molecular flexibility index (Phi) is 64.7. The van der Waals surface area contributed by atoms with Gasteiger partial charge in [-0.1, -0.05) is 358 Å². The lowest BCUT2D eigenvalue weighted by molar-refractivity contribution is -0.870. The van der Waals surface area contributed by atoms with Crippen LogP contribution in [0.1, 0.15) is 373 Å². The monoisotopic (exact) mass is 1200 g/mol. The van der Waals surface area contributed by atoms with Crippen LogP contribution in [0.2, 0.25) is 0 Å². The van der Waals surface area contributed by atoms with Gasteiger partial charge in [-0.25, -0.2) is 0 Å². The average Bonchev–Trinajstić information content (AvgIpc) is 3.56. The predicted octanol–water partition coefficient (Wildman–Crippen LogP) is 23.2. The molecule has 0 fully saturated rings. The molecule has 0 aromatic heterocycles. The lowest BCUT2D eigenvalue weighted by Gasteiger charge is -2.29. The highest BCUT2D eigenvalue weighted by molar-refractivity contribution is 7.45. The van der Waals surface area contributed by atoms with Gasteiger partial charge in [-0.05, 0) is 57.8 Å². The molecule has 0 heterocycles. The summed E-state index contributed by atoms with van der Waals surface area (Å²) in [6.07, 6.45) is 89.6. The summed E-state index contributed by atoms with van der Waals surface area (Å²) in [5.74, 6) is -0.191. The highest BCUT2D eigenvalue weighted by atomic mass is 31.2. The minimum atomic E-state index is -4.61. The molecule has 0 aliphatic heterocycles.